The number of hydrogen-bond acceptors (Lipinski definition) is 7. The van der Waals surface area contributed by atoms with Gasteiger partial charge in [-0.15, -0.1) is 0 Å². The van der Waals surface area contributed by atoms with Gasteiger partial charge in [-0.25, -0.2) is 13.4 Å². The molecule has 2 aromatic heterocycles. The summed E-state index contributed by atoms with van der Waals surface area (Å²) in [6.07, 6.45) is 1.99. The number of carbonyl (C=O) groups is 3. The second kappa shape index (κ2) is 11.7. The third-order valence-electron chi connectivity index (χ3n) is 6.81. The zero-order valence-corrected chi connectivity index (χ0v) is 23.3. The maximum Gasteiger partial charge on any atom is 0.287 e. The van der Waals surface area contributed by atoms with Crippen molar-refractivity contribution in [2.24, 2.45) is 11.8 Å². The fraction of sp³-hybridized carbons (Fsp3) is 0.429. The highest BCUT2D eigenvalue weighted by molar-refractivity contribution is 7.89. The summed E-state index contributed by atoms with van der Waals surface area (Å²) in [4.78, 5) is 43.6. The van der Waals surface area contributed by atoms with Gasteiger partial charge in [0.05, 0.1) is 12.6 Å². The van der Waals surface area contributed by atoms with Gasteiger partial charge < -0.3 is 15.1 Å². The number of Topliss-reactive ketones (excluding diaryl/α,β-unsaturated/α-hetero) is 1. The lowest BCUT2D eigenvalue weighted by atomic mass is 9.98. The molecule has 10 nitrogen and oxygen atoms in total. The number of para-hydroxylation sites is 1. The predicted molar refractivity (Wildman–Crippen MR) is 145 cm³/mol. The molecule has 0 saturated carbocycles. The number of nitrogens with one attached hydrogen (secondary N) is 2. The molecular formula is C28H34N4O6S. The van der Waals surface area contributed by atoms with Gasteiger partial charge in [0, 0.05) is 23.7 Å². The molecule has 1 fully saturated rings. The minimum Gasteiger partial charge on any atom is -0.451 e. The van der Waals surface area contributed by atoms with Crippen LogP contribution >= 0.6 is 0 Å². The molecule has 3 atom stereocenters. The van der Waals surface area contributed by atoms with Gasteiger partial charge in [0.2, 0.25) is 5.91 Å². The Morgan fingerprint density at radius 2 is 1.87 bits per heavy atom. The van der Waals surface area contributed by atoms with Crippen LogP contribution in [-0.4, -0.2) is 60.5 Å². The quantitative estimate of drug-likeness (QED) is 0.436. The van der Waals surface area contributed by atoms with E-state index >= 15 is 0 Å². The summed E-state index contributed by atoms with van der Waals surface area (Å²) in [6, 6.07) is 10.1. The van der Waals surface area contributed by atoms with E-state index in [2.05, 4.69) is 15.6 Å². The molecule has 208 valence electrons. The maximum atomic E-state index is 13.4. The smallest absolute Gasteiger partial charge is 0.287 e. The molecule has 1 aliphatic rings. The van der Waals surface area contributed by atoms with Gasteiger partial charge in [0.25, 0.3) is 15.9 Å². The molecule has 2 amide bonds. The number of nitrogens with zero attached hydrogens (tertiary/aromatic N) is 2. The van der Waals surface area contributed by atoms with Gasteiger partial charge in [-0.1, -0.05) is 45.0 Å². The maximum absolute atomic E-state index is 13.4. The summed E-state index contributed by atoms with van der Waals surface area (Å²) in [7, 11) is -3.98. The van der Waals surface area contributed by atoms with Crippen LogP contribution in [0.2, 0.25) is 0 Å². The first-order valence-electron chi connectivity index (χ1n) is 13.0. The van der Waals surface area contributed by atoms with Crippen LogP contribution in [0.3, 0.4) is 0 Å². The molecule has 0 radical (unpaired) electrons. The number of hydrogen-bond donors (Lipinski definition) is 2. The van der Waals surface area contributed by atoms with Gasteiger partial charge in [-0.2, -0.15) is 4.31 Å². The van der Waals surface area contributed by atoms with Gasteiger partial charge in [-0.3, -0.25) is 14.4 Å². The van der Waals surface area contributed by atoms with E-state index in [9.17, 15) is 22.8 Å². The second-order valence-corrected chi connectivity index (χ2v) is 12.4. The van der Waals surface area contributed by atoms with Crippen LogP contribution in [0.15, 0.2) is 58.1 Å². The highest BCUT2D eigenvalue weighted by Gasteiger charge is 2.37. The molecule has 2 N–H and O–H groups in total. The van der Waals surface area contributed by atoms with Crippen LogP contribution in [0.25, 0.3) is 11.0 Å². The number of ketones is 1. The van der Waals surface area contributed by atoms with Crippen LogP contribution in [0.4, 0.5) is 0 Å². The van der Waals surface area contributed by atoms with Crippen LogP contribution < -0.4 is 10.6 Å². The fourth-order valence-electron chi connectivity index (χ4n) is 4.85. The van der Waals surface area contributed by atoms with E-state index in [0.29, 0.717) is 17.6 Å². The van der Waals surface area contributed by atoms with Gasteiger partial charge in [0.15, 0.2) is 16.6 Å². The lowest BCUT2D eigenvalue weighted by Crippen LogP contribution is -2.52. The fourth-order valence-corrected chi connectivity index (χ4v) is 6.31. The number of amides is 2. The van der Waals surface area contributed by atoms with E-state index in [1.807, 2.05) is 39.0 Å². The lowest BCUT2D eigenvalue weighted by Gasteiger charge is -2.23. The zero-order chi connectivity index (χ0) is 28.3. The van der Waals surface area contributed by atoms with Crippen molar-refractivity contribution in [3.8, 4) is 0 Å². The largest absolute Gasteiger partial charge is 0.451 e. The summed E-state index contributed by atoms with van der Waals surface area (Å²) in [6.45, 7) is 7.21. The average Bonchev–Trinajstić information content (AvgIpc) is 3.16. The molecule has 0 spiro atoms. The zero-order valence-electron chi connectivity index (χ0n) is 22.5. The molecule has 1 saturated heterocycles. The van der Waals surface area contributed by atoms with Crippen LogP contribution in [0, 0.1) is 18.8 Å². The molecular weight excluding hydrogens is 520 g/mol. The Morgan fingerprint density at radius 3 is 2.54 bits per heavy atom. The number of carbonyl (C=O) groups excluding carboxylic acids is 3. The van der Waals surface area contributed by atoms with E-state index in [0.717, 1.165) is 9.69 Å². The Bertz CT molecular complexity index is 1470. The standard InChI is InChI=1S/C28H34N4O6S/c1-17(2)13-22(31-28(35)26-19(4)20-9-5-6-10-24(20)38-26)27(34)30-21-14-18(3)15-32(16-23(21)33)39(36,37)25-11-7-8-12-29-25/h5-12,17-18,21-22H,13-16H2,1-4H3,(H,30,34)(H,31,35)/t18?,21-,22?/m0/s1. The van der Waals surface area contributed by atoms with E-state index in [1.165, 1.54) is 12.3 Å². The Kier molecular flexibility index (Phi) is 8.51. The SMILES string of the molecule is Cc1c(C(=O)NC(CC(C)C)C(=O)N[C@H]2CC(C)CN(S(=O)(=O)c3ccccn3)CC2=O)oc2ccccc12. The summed E-state index contributed by atoms with van der Waals surface area (Å²) in [5, 5.41) is 6.25. The number of aryl methyl sites for hydroxylation is 1. The van der Waals surface area contributed by atoms with Crippen LogP contribution in [0.5, 0.6) is 0 Å². The number of aromatic nitrogens is 1. The highest BCUT2D eigenvalue weighted by atomic mass is 32.2. The minimum absolute atomic E-state index is 0.0700. The number of sulfonamides is 1. The monoisotopic (exact) mass is 554 g/mol. The number of pyridine rings is 1. The Balaban J connectivity index is 1.49. The first-order valence-corrected chi connectivity index (χ1v) is 14.4. The number of benzene rings is 1. The molecule has 3 aromatic rings. The highest BCUT2D eigenvalue weighted by Crippen LogP contribution is 2.25. The third-order valence-corrected chi connectivity index (χ3v) is 8.54. The Hall–Kier alpha value is -3.57. The first kappa shape index (κ1) is 28.4. The normalized spacial score (nSPS) is 19.6. The Morgan fingerprint density at radius 1 is 1.15 bits per heavy atom. The summed E-state index contributed by atoms with van der Waals surface area (Å²) >= 11 is 0. The average molecular weight is 555 g/mol. The Labute approximate surface area is 228 Å². The number of furan rings is 1. The summed E-state index contributed by atoms with van der Waals surface area (Å²) in [5.74, 6) is -1.45. The van der Waals surface area contributed by atoms with Gasteiger partial charge in [0.1, 0.15) is 11.6 Å². The topological polar surface area (TPSA) is 139 Å². The molecule has 1 aromatic carbocycles. The van der Waals surface area contributed by atoms with Crippen molar-refractivity contribution in [3.63, 3.8) is 0 Å². The predicted octanol–water partition coefficient (Wildman–Crippen LogP) is 3.07. The van der Waals surface area contributed by atoms with Crippen LogP contribution in [-0.2, 0) is 19.6 Å². The van der Waals surface area contributed by atoms with Crippen molar-refractivity contribution in [2.75, 3.05) is 13.1 Å². The second-order valence-electron chi connectivity index (χ2n) is 10.5. The lowest BCUT2D eigenvalue weighted by molar-refractivity contribution is -0.129. The summed E-state index contributed by atoms with van der Waals surface area (Å²) < 4.78 is 33.1. The van der Waals surface area contributed by atoms with Crippen molar-refractivity contribution in [2.45, 2.75) is 57.6 Å². The van der Waals surface area contributed by atoms with E-state index in [1.54, 1.807) is 25.1 Å². The van der Waals surface area contributed by atoms with E-state index in [-0.39, 0.29) is 42.1 Å². The molecule has 0 bridgehead atoms. The molecule has 4 rings (SSSR count). The molecule has 39 heavy (non-hydrogen) atoms. The number of fused-ring (bicyclic) bond motifs is 1. The van der Waals surface area contributed by atoms with Crippen LogP contribution in [0.1, 0.15) is 49.7 Å². The van der Waals surface area contributed by atoms with Crippen molar-refractivity contribution in [1.82, 2.24) is 19.9 Å². The van der Waals surface area contributed by atoms with Crippen molar-refractivity contribution < 1.29 is 27.2 Å². The number of rotatable bonds is 8. The molecule has 0 aliphatic carbocycles. The van der Waals surface area contributed by atoms with Crippen molar-refractivity contribution >= 4 is 38.6 Å². The molecule has 3 heterocycles. The van der Waals surface area contributed by atoms with Gasteiger partial charge in [-0.05, 0) is 49.8 Å². The molecule has 2 unspecified atom stereocenters. The van der Waals surface area contributed by atoms with E-state index < -0.39 is 39.7 Å². The first-order chi connectivity index (χ1) is 18.5. The molecule has 1 aliphatic heterocycles. The van der Waals surface area contributed by atoms with Gasteiger partial charge >= 0.3 is 0 Å². The molecule has 11 heteroatoms. The third kappa shape index (κ3) is 6.36. The summed E-state index contributed by atoms with van der Waals surface area (Å²) in [5.41, 5.74) is 1.25. The minimum atomic E-state index is -3.98. The van der Waals surface area contributed by atoms with E-state index in [4.69, 9.17) is 4.42 Å². The van der Waals surface area contributed by atoms with Crippen molar-refractivity contribution in [1.29, 1.82) is 0 Å². The van der Waals surface area contributed by atoms with Crippen molar-refractivity contribution in [3.05, 3.63) is 60.0 Å².